The molecular weight excluding hydrogens is 216 g/mol. The Bertz CT molecular complexity index is 493. The number of hydrogen-bond acceptors (Lipinski definition) is 5. The zero-order chi connectivity index (χ0) is 12.3. The van der Waals surface area contributed by atoms with E-state index in [0.717, 1.165) is 0 Å². The molecule has 1 heterocycles. The highest BCUT2D eigenvalue weighted by molar-refractivity contribution is 5.29. The van der Waals surface area contributed by atoms with Crippen molar-refractivity contribution in [1.82, 2.24) is 10.2 Å². The number of aromatic nitrogens is 2. The van der Waals surface area contributed by atoms with E-state index in [1.54, 1.807) is 6.92 Å². The highest BCUT2D eigenvalue weighted by Crippen LogP contribution is 2.13. The molecule has 0 saturated heterocycles. The molecule has 0 spiro atoms. The van der Waals surface area contributed by atoms with Gasteiger partial charge in [0.1, 0.15) is 0 Å². The molecule has 0 radical (unpaired) electrons. The lowest BCUT2D eigenvalue weighted by Gasteiger charge is -2.04. The Balaban J connectivity index is 2.00. The average Bonchev–Trinajstić information content (AvgIpc) is 2.77. The van der Waals surface area contributed by atoms with Crippen molar-refractivity contribution in [2.75, 3.05) is 5.32 Å². The first kappa shape index (κ1) is 11.6. The van der Waals surface area contributed by atoms with Crippen LogP contribution in [0.5, 0.6) is 0 Å². The molecule has 2 aromatic rings. The Morgan fingerprint density at radius 3 is 2.76 bits per heavy atom. The van der Waals surface area contributed by atoms with Crippen LogP contribution in [0.4, 0.5) is 6.01 Å². The molecule has 0 fully saturated rings. The fourth-order valence-electron chi connectivity index (χ4n) is 1.47. The fourth-order valence-corrected chi connectivity index (χ4v) is 1.47. The topological polar surface area (TPSA) is 77.0 Å². The summed E-state index contributed by atoms with van der Waals surface area (Å²) in [6.07, 6.45) is 0. The maximum atomic E-state index is 5.63. The summed E-state index contributed by atoms with van der Waals surface area (Å²) in [7, 11) is 0. The van der Waals surface area contributed by atoms with Gasteiger partial charge in [0.2, 0.25) is 5.89 Å². The molecule has 1 aromatic carbocycles. The second-order valence-electron chi connectivity index (χ2n) is 4.01. The highest BCUT2D eigenvalue weighted by Gasteiger charge is 2.09. The minimum absolute atomic E-state index is 0.239. The maximum Gasteiger partial charge on any atom is 0.315 e. The van der Waals surface area contributed by atoms with Crippen LogP contribution in [0.25, 0.3) is 0 Å². The van der Waals surface area contributed by atoms with Crippen LogP contribution >= 0.6 is 0 Å². The quantitative estimate of drug-likeness (QED) is 0.843. The van der Waals surface area contributed by atoms with Crippen molar-refractivity contribution in [3.8, 4) is 0 Å². The summed E-state index contributed by atoms with van der Waals surface area (Å²) < 4.78 is 5.35. The minimum atomic E-state index is -0.239. The van der Waals surface area contributed by atoms with E-state index >= 15 is 0 Å². The fraction of sp³-hybridized carbons (Fsp3) is 0.333. The predicted molar refractivity (Wildman–Crippen MR) is 65.4 cm³/mol. The second kappa shape index (κ2) is 4.97. The van der Waals surface area contributed by atoms with E-state index in [2.05, 4.69) is 34.6 Å². The van der Waals surface area contributed by atoms with Crippen molar-refractivity contribution in [3.05, 3.63) is 41.3 Å². The Kier molecular flexibility index (Phi) is 3.39. The predicted octanol–water partition coefficient (Wildman–Crippen LogP) is 2.01. The van der Waals surface area contributed by atoms with Crippen molar-refractivity contribution in [2.45, 2.75) is 26.4 Å². The molecular formula is C12H16N4O. The Labute approximate surface area is 100 Å². The van der Waals surface area contributed by atoms with Gasteiger partial charge in [0, 0.05) is 6.54 Å². The summed E-state index contributed by atoms with van der Waals surface area (Å²) >= 11 is 0. The maximum absolute atomic E-state index is 5.63. The summed E-state index contributed by atoms with van der Waals surface area (Å²) in [5.74, 6) is 0.442. The minimum Gasteiger partial charge on any atom is -0.406 e. The van der Waals surface area contributed by atoms with E-state index in [1.807, 2.05) is 12.1 Å². The van der Waals surface area contributed by atoms with E-state index in [9.17, 15) is 0 Å². The van der Waals surface area contributed by atoms with Crippen LogP contribution in [0.3, 0.4) is 0 Å². The van der Waals surface area contributed by atoms with E-state index in [4.69, 9.17) is 10.2 Å². The lowest BCUT2D eigenvalue weighted by atomic mass is 10.1. The van der Waals surface area contributed by atoms with Crippen molar-refractivity contribution in [3.63, 3.8) is 0 Å². The Morgan fingerprint density at radius 2 is 2.12 bits per heavy atom. The molecule has 3 N–H and O–H groups in total. The van der Waals surface area contributed by atoms with Gasteiger partial charge in [-0.3, -0.25) is 0 Å². The highest BCUT2D eigenvalue weighted by atomic mass is 16.4. The third-order valence-electron chi connectivity index (χ3n) is 2.52. The van der Waals surface area contributed by atoms with Crippen LogP contribution in [0.15, 0.2) is 28.7 Å². The standard InChI is InChI=1S/C12H16N4O/c1-8-5-3-4-6-10(8)7-14-12-16-15-11(17-12)9(2)13/h3-6,9H,7,13H2,1-2H3,(H,14,16). The number of anilines is 1. The van der Waals surface area contributed by atoms with Crippen LogP contribution < -0.4 is 11.1 Å². The molecule has 1 aromatic heterocycles. The molecule has 5 heteroatoms. The largest absolute Gasteiger partial charge is 0.406 e. The van der Waals surface area contributed by atoms with Crippen LogP contribution in [-0.2, 0) is 6.54 Å². The third-order valence-corrected chi connectivity index (χ3v) is 2.52. The van der Waals surface area contributed by atoms with Gasteiger partial charge in [0.15, 0.2) is 0 Å². The summed E-state index contributed by atoms with van der Waals surface area (Å²) in [5, 5.41) is 10.8. The van der Waals surface area contributed by atoms with Gasteiger partial charge in [-0.25, -0.2) is 0 Å². The molecule has 5 nitrogen and oxygen atoms in total. The van der Waals surface area contributed by atoms with Crippen molar-refractivity contribution < 1.29 is 4.42 Å². The lowest BCUT2D eigenvalue weighted by Crippen LogP contribution is -2.04. The third kappa shape index (κ3) is 2.82. The van der Waals surface area contributed by atoms with Crippen molar-refractivity contribution >= 4 is 6.01 Å². The van der Waals surface area contributed by atoms with Gasteiger partial charge in [0.25, 0.3) is 0 Å². The van der Waals surface area contributed by atoms with E-state index in [-0.39, 0.29) is 6.04 Å². The molecule has 0 saturated carbocycles. The molecule has 17 heavy (non-hydrogen) atoms. The molecule has 1 atom stereocenters. The number of aryl methyl sites for hydroxylation is 1. The molecule has 2 rings (SSSR count). The monoisotopic (exact) mass is 232 g/mol. The first-order chi connectivity index (χ1) is 8.16. The van der Waals surface area contributed by atoms with E-state index < -0.39 is 0 Å². The number of nitrogens with one attached hydrogen (secondary N) is 1. The van der Waals surface area contributed by atoms with Gasteiger partial charge >= 0.3 is 6.01 Å². The summed E-state index contributed by atoms with van der Waals surface area (Å²) in [6, 6.07) is 8.31. The summed E-state index contributed by atoms with van der Waals surface area (Å²) in [4.78, 5) is 0. The van der Waals surface area contributed by atoms with Crippen molar-refractivity contribution in [1.29, 1.82) is 0 Å². The Hall–Kier alpha value is -1.88. The lowest BCUT2D eigenvalue weighted by molar-refractivity contribution is 0.472. The number of rotatable bonds is 4. The SMILES string of the molecule is Cc1ccccc1CNc1nnc(C(C)N)o1. The molecule has 0 aliphatic carbocycles. The molecule has 0 amide bonds. The van der Waals surface area contributed by atoms with Gasteiger partial charge < -0.3 is 15.5 Å². The van der Waals surface area contributed by atoms with Crippen LogP contribution in [0.1, 0.15) is 30.0 Å². The normalized spacial score (nSPS) is 12.4. The van der Waals surface area contributed by atoms with Gasteiger partial charge in [-0.1, -0.05) is 29.4 Å². The van der Waals surface area contributed by atoms with Gasteiger partial charge in [-0.05, 0) is 25.0 Å². The number of nitrogens with zero attached hydrogens (tertiary/aromatic N) is 2. The van der Waals surface area contributed by atoms with E-state index in [0.29, 0.717) is 18.5 Å². The molecule has 0 bridgehead atoms. The number of benzene rings is 1. The van der Waals surface area contributed by atoms with Crippen LogP contribution in [0, 0.1) is 6.92 Å². The zero-order valence-corrected chi connectivity index (χ0v) is 9.97. The smallest absolute Gasteiger partial charge is 0.315 e. The first-order valence-corrected chi connectivity index (χ1v) is 5.54. The van der Waals surface area contributed by atoms with Gasteiger partial charge in [-0.15, -0.1) is 5.10 Å². The average molecular weight is 232 g/mol. The summed E-state index contributed by atoms with van der Waals surface area (Å²) in [6.45, 7) is 4.53. The molecule has 1 unspecified atom stereocenters. The zero-order valence-electron chi connectivity index (χ0n) is 9.97. The van der Waals surface area contributed by atoms with Crippen molar-refractivity contribution in [2.24, 2.45) is 5.73 Å². The molecule has 0 aliphatic heterocycles. The second-order valence-corrected chi connectivity index (χ2v) is 4.01. The number of nitrogens with two attached hydrogens (primary N) is 1. The summed E-state index contributed by atoms with van der Waals surface area (Å²) in [5.41, 5.74) is 8.06. The number of hydrogen-bond donors (Lipinski definition) is 2. The molecule has 90 valence electrons. The van der Waals surface area contributed by atoms with Crippen LogP contribution in [-0.4, -0.2) is 10.2 Å². The van der Waals surface area contributed by atoms with Crippen LogP contribution in [0.2, 0.25) is 0 Å². The van der Waals surface area contributed by atoms with E-state index in [1.165, 1.54) is 11.1 Å². The molecule has 0 aliphatic rings. The first-order valence-electron chi connectivity index (χ1n) is 5.54. The Morgan fingerprint density at radius 1 is 1.35 bits per heavy atom. The van der Waals surface area contributed by atoms with Gasteiger partial charge in [0.05, 0.1) is 6.04 Å². The van der Waals surface area contributed by atoms with Gasteiger partial charge in [-0.2, -0.15) is 0 Å².